The van der Waals surface area contributed by atoms with Gasteiger partial charge in [0.1, 0.15) is 11.6 Å². The first-order valence-electron chi connectivity index (χ1n) is 7.90. The SMILES string of the molecule is COC(=O)CNCc1c(F)cccc1[N+](=O)[O-].O=[N+]([O-])c1cccc(F)c1CBr. The first-order valence-corrected chi connectivity index (χ1v) is 9.02. The standard InChI is InChI=1S/C10H11FN2O4.C7H5BrFNO2/c1-17-10(14)6-12-5-7-8(11)3-2-4-9(7)13(15)16;8-4-5-6(9)2-1-3-7(5)10(11)12/h2-4,12H,5-6H2,1H3;1-3H,4H2. The number of carbonyl (C=O) groups is 1. The summed E-state index contributed by atoms with van der Waals surface area (Å²) in [4.78, 5) is 30.5. The van der Waals surface area contributed by atoms with Gasteiger partial charge in [-0.2, -0.15) is 0 Å². The molecule has 0 amide bonds. The van der Waals surface area contributed by atoms with Crippen LogP contribution in [0.1, 0.15) is 11.1 Å². The molecule has 0 saturated heterocycles. The average molecular weight is 476 g/mol. The minimum atomic E-state index is -0.684. The summed E-state index contributed by atoms with van der Waals surface area (Å²) in [6.07, 6.45) is 0. The van der Waals surface area contributed by atoms with Crippen LogP contribution in [0.4, 0.5) is 20.2 Å². The highest BCUT2D eigenvalue weighted by Gasteiger charge is 2.17. The number of nitro benzene ring substituents is 2. The topological polar surface area (TPSA) is 125 Å². The van der Waals surface area contributed by atoms with Gasteiger partial charge in [0, 0.05) is 24.0 Å². The van der Waals surface area contributed by atoms with Crippen LogP contribution in [-0.2, 0) is 21.4 Å². The molecule has 2 aromatic rings. The number of esters is 1. The van der Waals surface area contributed by atoms with Crippen molar-refractivity contribution in [3.05, 3.63) is 79.4 Å². The Labute approximate surface area is 172 Å². The largest absolute Gasteiger partial charge is 0.468 e. The number of benzene rings is 2. The number of alkyl halides is 1. The fourth-order valence-electron chi connectivity index (χ4n) is 2.11. The Morgan fingerprint density at radius 2 is 1.52 bits per heavy atom. The molecule has 0 atom stereocenters. The average Bonchev–Trinajstić information content (AvgIpc) is 2.68. The van der Waals surface area contributed by atoms with Gasteiger partial charge in [-0.1, -0.05) is 28.1 Å². The van der Waals surface area contributed by atoms with Crippen molar-refractivity contribution < 1.29 is 28.2 Å². The molecule has 0 aliphatic heterocycles. The molecule has 29 heavy (non-hydrogen) atoms. The lowest BCUT2D eigenvalue weighted by atomic mass is 10.1. The number of ether oxygens (including phenoxy) is 1. The van der Waals surface area contributed by atoms with Crippen LogP contribution in [0.2, 0.25) is 0 Å². The van der Waals surface area contributed by atoms with Crippen molar-refractivity contribution in [2.45, 2.75) is 11.9 Å². The van der Waals surface area contributed by atoms with E-state index in [2.05, 4.69) is 26.0 Å². The number of halogens is 3. The Morgan fingerprint density at radius 1 is 1.03 bits per heavy atom. The maximum absolute atomic E-state index is 13.4. The van der Waals surface area contributed by atoms with Gasteiger partial charge in [-0.15, -0.1) is 0 Å². The molecule has 0 bridgehead atoms. The lowest BCUT2D eigenvalue weighted by Crippen LogP contribution is -2.24. The lowest BCUT2D eigenvalue weighted by molar-refractivity contribution is -0.385. The van der Waals surface area contributed by atoms with Crippen molar-refractivity contribution >= 4 is 33.3 Å². The molecule has 2 aromatic carbocycles. The molecule has 156 valence electrons. The smallest absolute Gasteiger partial charge is 0.319 e. The second-order valence-electron chi connectivity index (χ2n) is 5.30. The lowest BCUT2D eigenvalue weighted by Gasteiger charge is -2.05. The number of methoxy groups -OCH3 is 1. The highest BCUT2D eigenvalue weighted by Crippen LogP contribution is 2.23. The zero-order valence-corrected chi connectivity index (χ0v) is 16.6. The monoisotopic (exact) mass is 475 g/mol. The number of nitrogens with one attached hydrogen (secondary N) is 1. The highest BCUT2D eigenvalue weighted by molar-refractivity contribution is 9.08. The Hall–Kier alpha value is -2.99. The van der Waals surface area contributed by atoms with Gasteiger partial charge in [0.25, 0.3) is 11.4 Å². The Morgan fingerprint density at radius 3 is 1.93 bits per heavy atom. The van der Waals surface area contributed by atoms with E-state index in [0.717, 1.165) is 6.07 Å². The molecule has 0 saturated carbocycles. The second-order valence-corrected chi connectivity index (χ2v) is 5.86. The minimum Gasteiger partial charge on any atom is -0.468 e. The van der Waals surface area contributed by atoms with E-state index in [0.29, 0.717) is 0 Å². The summed E-state index contributed by atoms with van der Waals surface area (Å²) in [6.45, 7) is -0.250. The third-order valence-corrected chi connectivity index (χ3v) is 4.07. The summed E-state index contributed by atoms with van der Waals surface area (Å²) < 4.78 is 30.6. The Balaban J connectivity index is 0.000000308. The molecule has 0 unspecified atom stereocenters. The molecule has 0 aromatic heterocycles. The number of hydrogen-bond donors (Lipinski definition) is 1. The van der Waals surface area contributed by atoms with Crippen molar-refractivity contribution in [2.24, 2.45) is 0 Å². The van der Waals surface area contributed by atoms with Gasteiger partial charge in [-0.05, 0) is 12.1 Å². The van der Waals surface area contributed by atoms with E-state index in [-0.39, 0.29) is 40.9 Å². The molecule has 0 aliphatic carbocycles. The van der Waals surface area contributed by atoms with Gasteiger partial charge in [-0.25, -0.2) is 8.78 Å². The molecule has 0 spiro atoms. The van der Waals surface area contributed by atoms with Crippen LogP contribution in [0.5, 0.6) is 0 Å². The summed E-state index contributed by atoms with van der Waals surface area (Å²) in [5, 5.41) is 23.7. The summed E-state index contributed by atoms with van der Waals surface area (Å²) >= 11 is 2.98. The van der Waals surface area contributed by atoms with E-state index >= 15 is 0 Å². The molecular weight excluding hydrogens is 460 g/mol. The summed E-state index contributed by atoms with van der Waals surface area (Å²) in [5.74, 6) is -1.76. The third-order valence-electron chi connectivity index (χ3n) is 3.51. The molecule has 0 fully saturated rings. The van der Waals surface area contributed by atoms with Crippen molar-refractivity contribution in [3.8, 4) is 0 Å². The minimum absolute atomic E-state index is 0.0820. The molecular formula is C17H16BrF2N3O6. The fourth-order valence-corrected chi connectivity index (χ4v) is 2.66. The van der Waals surface area contributed by atoms with Gasteiger partial charge in [-0.3, -0.25) is 25.0 Å². The van der Waals surface area contributed by atoms with Gasteiger partial charge in [0.2, 0.25) is 0 Å². The predicted octanol–water partition coefficient (Wildman–Crippen LogP) is 3.63. The molecule has 0 aliphatic rings. The van der Waals surface area contributed by atoms with E-state index in [1.807, 2.05) is 0 Å². The second kappa shape index (κ2) is 11.8. The first-order chi connectivity index (χ1) is 13.7. The van der Waals surface area contributed by atoms with E-state index < -0.39 is 27.5 Å². The maximum atomic E-state index is 13.4. The number of nitro groups is 2. The highest BCUT2D eigenvalue weighted by atomic mass is 79.9. The van der Waals surface area contributed by atoms with Gasteiger partial charge in [0.15, 0.2) is 0 Å². The van der Waals surface area contributed by atoms with Gasteiger partial charge in [0.05, 0.1) is 34.6 Å². The molecule has 12 heteroatoms. The quantitative estimate of drug-likeness (QED) is 0.280. The molecule has 0 radical (unpaired) electrons. The molecule has 9 nitrogen and oxygen atoms in total. The van der Waals surface area contributed by atoms with E-state index in [4.69, 9.17) is 0 Å². The van der Waals surface area contributed by atoms with Gasteiger partial charge < -0.3 is 10.1 Å². The van der Waals surface area contributed by atoms with Gasteiger partial charge >= 0.3 is 5.97 Å². The van der Waals surface area contributed by atoms with Crippen LogP contribution >= 0.6 is 15.9 Å². The number of hydrogen-bond acceptors (Lipinski definition) is 7. The van der Waals surface area contributed by atoms with Crippen LogP contribution in [0.3, 0.4) is 0 Å². The molecule has 0 heterocycles. The number of nitrogens with zero attached hydrogens (tertiary/aromatic N) is 2. The maximum Gasteiger partial charge on any atom is 0.319 e. The molecule has 2 rings (SSSR count). The summed E-state index contributed by atoms with van der Waals surface area (Å²) in [7, 11) is 1.22. The van der Waals surface area contributed by atoms with E-state index in [1.165, 1.54) is 37.4 Å². The third kappa shape index (κ3) is 7.16. The van der Waals surface area contributed by atoms with Crippen LogP contribution in [-0.4, -0.2) is 29.5 Å². The first kappa shape index (κ1) is 24.0. The molecule has 1 N–H and O–H groups in total. The zero-order valence-electron chi connectivity index (χ0n) is 15.1. The van der Waals surface area contributed by atoms with Crippen molar-refractivity contribution in [1.82, 2.24) is 5.32 Å². The van der Waals surface area contributed by atoms with Crippen LogP contribution in [0.15, 0.2) is 36.4 Å². The Bertz CT molecular complexity index is 897. The summed E-state index contributed by atoms with van der Waals surface area (Å²) in [6, 6.07) is 7.39. The number of carbonyl (C=O) groups excluding carboxylic acids is 1. The van der Waals surface area contributed by atoms with Crippen LogP contribution < -0.4 is 5.32 Å². The van der Waals surface area contributed by atoms with E-state index in [9.17, 15) is 33.8 Å². The predicted molar refractivity (Wildman–Crippen MR) is 102 cm³/mol. The normalized spacial score (nSPS) is 9.93. The fraction of sp³-hybridized carbons (Fsp3) is 0.235. The Kier molecular flexibility index (Phi) is 9.75. The number of rotatable bonds is 7. The van der Waals surface area contributed by atoms with Crippen molar-refractivity contribution in [2.75, 3.05) is 13.7 Å². The van der Waals surface area contributed by atoms with E-state index in [1.54, 1.807) is 0 Å². The zero-order chi connectivity index (χ0) is 22.0. The summed E-state index contributed by atoms with van der Waals surface area (Å²) in [5.41, 5.74) is -0.502. The van der Waals surface area contributed by atoms with Crippen molar-refractivity contribution in [1.29, 1.82) is 0 Å². The van der Waals surface area contributed by atoms with Crippen LogP contribution in [0.25, 0.3) is 0 Å². The van der Waals surface area contributed by atoms with Crippen molar-refractivity contribution in [3.63, 3.8) is 0 Å². The van der Waals surface area contributed by atoms with Crippen LogP contribution in [0, 0.1) is 31.9 Å².